The van der Waals surface area contributed by atoms with Crippen molar-refractivity contribution in [1.82, 2.24) is 14.5 Å². The van der Waals surface area contributed by atoms with E-state index >= 15 is 0 Å². The standard InChI is InChI=1S/C17H21BrN4O3S/c1-17(2,3)25-16(24)22-6-5-11-13(9-22)26-15(19-11)20-12-7-10(18)8-21(4)14(12)23/h7-8H,5-6,9H2,1-4H3,(H,19,20). The van der Waals surface area contributed by atoms with Gasteiger partial charge in [0.25, 0.3) is 5.56 Å². The molecular formula is C17H21BrN4O3S. The summed E-state index contributed by atoms with van der Waals surface area (Å²) in [4.78, 5) is 31.8. The van der Waals surface area contributed by atoms with Crippen molar-refractivity contribution < 1.29 is 9.53 Å². The number of carbonyl (C=O) groups excluding carboxylic acids is 1. The lowest BCUT2D eigenvalue weighted by atomic mass is 10.2. The smallest absolute Gasteiger partial charge is 0.410 e. The van der Waals surface area contributed by atoms with Crippen LogP contribution in [0.25, 0.3) is 0 Å². The molecule has 0 radical (unpaired) electrons. The zero-order valence-electron chi connectivity index (χ0n) is 15.1. The number of anilines is 2. The SMILES string of the molecule is Cn1cc(Br)cc(Nc2nc3c(s2)CN(C(=O)OC(C)(C)C)CC3)c1=O. The van der Waals surface area contributed by atoms with Crippen molar-refractivity contribution in [2.75, 3.05) is 11.9 Å². The second kappa shape index (κ2) is 7.03. The summed E-state index contributed by atoms with van der Waals surface area (Å²) >= 11 is 4.84. The average Bonchev–Trinajstić information content (AvgIpc) is 2.91. The Morgan fingerprint density at radius 2 is 2.15 bits per heavy atom. The summed E-state index contributed by atoms with van der Waals surface area (Å²) in [6.07, 6.45) is 2.06. The van der Waals surface area contributed by atoms with E-state index in [2.05, 4.69) is 26.2 Å². The normalized spacial score (nSPS) is 14.1. The van der Waals surface area contributed by atoms with Gasteiger partial charge >= 0.3 is 6.09 Å². The van der Waals surface area contributed by atoms with Crippen molar-refractivity contribution in [2.24, 2.45) is 7.05 Å². The van der Waals surface area contributed by atoms with E-state index in [1.807, 2.05) is 20.8 Å². The molecule has 140 valence electrons. The minimum absolute atomic E-state index is 0.128. The van der Waals surface area contributed by atoms with Gasteiger partial charge in [-0.2, -0.15) is 0 Å². The molecule has 1 N–H and O–H groups in total. The summed E-state index contributed by atoms with van der Waals surface area (Å²) in [7, 11) is 1.70. The van der Waals surface area contributed by atoms with Gasteiger partial charge in [-0.3, -0.25) is 4.79 Å². The zero-order chi connectivity index (χ0) is 19.1. The number of aryl methyl sites for hydroxylation is 1. The van der Waals surface area contributed by atoms with E-state index in [0.717, 1.165) is 15.0 Å². The number of aromatic nitrogens is 2. The molecule has 3 heterocycles. The Kier molecular flexibility index (Phi) is 5.12. The lowest BCUT2D eigenvalue weighted by molar-refractivity contribution is 0.0225. The molecule has 0 saturated carbocycles. The summed E-state index contributed by atoms with van der Waals surface area (Å²) in [6.45, 7) is 6.61. The molecule has 9 heteroatoms. The van der Waals surface area contributed by atoms with Crippen LogP contribution in [0.5, 0.6) is 0 Å². The Labute approximate surface area is 164 Å². The van der Waals surface area contributed by atoms with Gasteiger partial charge in [0.2, 0.25) is 0 Å². The number of hydrogen-bond donors (Lipinski definition) is 1. The van der Waals surface area contributed by atoms with Crippen LogP contribution >= 0.6 is 27.3 Å². The van der Waals surface area contributed by atoms with E-state index in [1.165, 1.54) is 15.9 Å². The van der Waals surface area contributed by atoms with Gasteiger partial charge in [0.15, 0.2) is 5.13 Å². The summed E-state index contributed by atoms with van der Waals surface area (Å²) < 4.78 is 7.75. The van der Waals surface area contributed by atoms with Crippen molar-refractivity contribution in [3.05, 3.63) is 37.7 Å². The van der Waals surface area contributed by atoms with Gasteiger partial charge in [-0.25, -0.2) is 9.78 Å². The first kappa shape index (κ1) is 18.9. The number of carbonyl (C=O) groups is 1. The fraction of sp³-hybridized carbons (Fsp3) is 0.471. The minimum atomic E-state index is -0.515. The predicted octanol–water partition coefficient (Wildman–Crippen LogP) is 3.64. The molecule has 7 nitrogen and oxygen atoms in total. The molecule has 0 aliphatic carbocycles. The van der Waals surface area contributed by atoms with Gasteiger partial charge < -0.3 is 19.5 Å². The number of rotatable bonds is 2. The molecule has 0 unspecified atom stereocenters. The predicted molar refractivity (Wildman–Crippen MR) is 105 cm³/mol. The summed E-state index contributed by atoms with van der Waals surface area (Å²) in [5.41, 5.74) is 0.774. The van der Waals surface area contributed by atoms with E-state index < -0.39 is 5.60 Å². The molecule has 0 bridgehead atoms. The molecule has 26 heavy (non-hydrogen) atoms. The molecule has 1 aliphatic rings. The number of hydrogen-bond acceptors (Lipinski definition) is 6. The summed E-state index contributed by atoms with van der Waals surface area (Å²) in [6, 6.07) is 1.73. The maximum absolute atomic E-state index is 12.3. The van der Waals surface area contributed by atoms with Crippen molar-refractivity contribution >= 4 is 44.2 Å². The largest absolute Gasteiger partial charge is 0.444 e. The van der Waals surface area contributed by atoms with E-state index in [0.29, 0.717) is 30.3 Å². The molecule has 0 aromatic carbocycles. The third kappa shape index (κ3) is 4.27. The topological polar surface area (TPSA) is 76.5 Å². The monoisotopic (exact) mass is 440 g/mol. The number of ether oxygens (including phenoxy) is 1. The van der Waals surface area contributed by atoms with E-state index in [1.54, 1.807) is 24.2 Å². The van der Waals surface area contributed by atoms with Crippen LogP contribution in [0.2, 0.25) is 0 Å². The quantitative estimate of drug-likeness (QED) is 0.770. The second-order valence-corrected chi connectivity index (χ2v) is 9.15. The molecule has 1 aliphatic heterocycles. The van der Waals surface area contributed by atoms with Gasteiger partial charge in [-0.05, 0) is 42.8 Å². The molecular weight excluding hydrogens is 420 g/mol. The van der Waals surface area contributed by atoms with E-state index in [9.17, 15) is 9.59 Å². The van der Waals surface area contributed by atoms with Crippen LogP contribution in [0.4, 0.5) is 15.6 Å². The van der Waals surface area contributed by atoms with Crippen molar-refractivity contribution in [2.45, 2.75) is 39.3 Å². The highest BCUT2D eigenvalue weighted by atomic mass is 79.9. The van der Waals surface area contributed by atoms with E-state index in [-0.39, 0.29) is 11.7 Å². The average molecular weight is 441 g/mol. The Morgan fingerprint density at radius 3 is 2.85 bits per heavy atom. The van der Waals surface area contributed by atoms with Crippen molar-refractivity contribution in [3.63, 3.8) is 0 Å². The molecule has 3 rings (SSSR count). The lowest BCUT2D eigenvalue weighted by Crippen LogP contribution is -2.39. The Bertz CT molecular complexity index is 900. The Morgan fingerprint density at radius 1 is 1.42 bits per heavy atom. The van der Waals surface area contributed by atoms with Gasteiger partial charge in [0.05, 0.1) is 12.2 Å². The maximum Gasteiger partial charge on any atom is 0.410 e. The van der Waals surface area contributed by atoms with Crippen molar-refractivity contribution in [3.8, 4) is 0 Å². The molecule has 2 aromatic rings. The van der Waals surface area contributed by atoms with Crippen LogP contribution in [0, 0.1) is 0 Å². The molecule has 2 aromatic heterocycles. The second-order valence-electron chi connectivity index (χ2n) is 7.15. The van der Waals surface area contributed by atoms with Crippen LogP contribution in [0.1, 0.15) is 31.3 Å². The van der Waals surface area contributed by atoms with Crippen LogP contribution in [-0.2, 0) is 24.8 Å². The first-order valence-electron chi connectivity index (χ1n) is 8.22. The number of thiazole rings is 1. The molecule has 0 atom stereocenters. The fourth-order valence-corrected chi connectivity index (χ4v) is 4.18. The summed E-state index contributed by atoms with van der Waals surface area (Å²) in [5.74, 6) is 0. The van der Waals surface area contributed by atoms with Gasteiger partial charge in [0, 0.05) is 35.6 Å². The number of halogens is 1. The highest BCUT2D eigenvalue weighted by Crippen LogP contribution is 2.30. The molecule has 0 spiro atoms. The van der Waals surface area contributed by atoms with Crippen LogP contribution in [-0.4, -0.2) is 32.7 Å². The highest BCUT2D eigenvalue weighted by Gasteiger charge is 2.28. The van der Waals surface area contributed by atoms with Gasteiger partial charge in [-0.1, -0.05) is 11.3 Å². The van der Waals surface area contributed by atoms with Crippen LogP contribution < -0.4 is 10.9 Å². The third-order valence-electron chi connectivity index (χ3n) is 3.77. The highest BCUT2D eigenvalue weighted by molar-refractivity contribution is 9.10. The molecule has 1 amide bonds. The number of nitrogens with zero attached hydrogens (tertiary/aromatic N) is 3. The first-order chi connectivity index (χ1) is 12.1. The number of nitrogens with one attached hydrogen (secondary N) is 1. The van der Waals surface area contributed by atoms with Gasteiger partial charge in [0.1, 0.15) is 11.3 Å². The number of fused-ring (bicyclic) bond motifs is 1. The maximum atomic E-state index is 12.3. The van der Waals surface area contributed by atoms with Crippen molar-refractivity contribution in [1.29, 1.82) is 0 Å². The first-order valence-corrected chi connectivity index (χ1v) is 9.83. The molecule has 0 saturated heterocycles. The summed E-state index contributed by atoms with van der Waals surface area (Å²) in [5, 5.41) is 3.75. The van der Waals surface area contributed by atoms with E-state index in [4.69, 9.17) is 4.74 Å². The molecule has 0 fully saturated rings. The minimum Gasteiger partial charge on any atom is -0.444 e. The number of amides is 1. The fourth-order valence-electron chi connectivity index (χ4n) is 2.61. The lowest BCUT2D eigenvalue weighted by Gasteiger charge is -2.29. The third-order valence-corrected chi connectivity index (χ3v) is 5.21. The van der Waals surface area contributed by atoms with Gasteiger partial charge in [-0.15, -0.1) is 0 Å². The van der Waals surface area contributed by atoms with Crippen LogP contribution in [0.15, 0.2) is 21.5 Å². The Hall–Kier alpha value is -1.87. The zero-order valence-corrected chi connectivity index (χ0v) is 17.5. The van der Waals surface area contributed by atoms with Crippen LogP contribution in [0.3, 0.4) is 0 Å². The Balaban J connectivity index is 1.76. The number of pyridine rings is 1.